The van der Waals surface area contributed by atoms with E-state index in [1.807, 2.05) is 13.8 Å². The lowest BCUT2D eigenvalue weighted by atomic mass is 10.1. The first-order valence-corrected chi connectivity index (χ1v) is 5.40. The number of rotatable bonds is 4. The Hall–Kier alpha value is -1.38. The number of allylic oxidation sites excluding steroid dienone is 1. The highest BCUT2D eigenvalue weighted by Gasteiger charge is 2.07. The molecule has 1 rings (SSSR count). The van der Waals surface area contributed by atoms with E-state index in [2.05, 4.69) is 0 Å². The maximum Gasteiger partial charge on any atom is 0.123 e. The summed E-state index contributed by atoms with van der Waals surface area (Å²) in [6.45, 7) is 3.78. The lowest BCUT2D eigenvalue weighted by Gasteiger charge is -2.16. The van der Waals surface area contributed by atoms with Crippen LogP contribution in [0.3, 0.4) is 0 Å². The molecule has 0 saturated heterocycles. The van der Waals surface area contributed by atoms with Gasteiger partial charge < -0.3 is 4.90 Å². The van der Waals surface area contributed by atoms with Gasteiger partial charge in [0.05, 0.1) is 0 Å². The number of halogens is 2. The van der Waals surface area contributed by atoms with Crippen LogP contribution >= 0.6 is 0 Å². The average molecular weight is 225 g/mol. The van der Waals surface area contributed by atoms with Crippen molar-refractivity contribution in [1.29, 1.82) is 0 Å². The highest BCUT2D eigenvalue weighted by molar-refractivity contribution is 5.48. The fourth-order valence-corrected chi connectivity index (χ4v) is 1.26. The first-order chi connectivity index (χ1) is 7.54. The summed E-state index contributed by atoms with van der Waals surface area (Å²) in [4.78, 5) is 1.65. The van der Waals surface area contributed by atoms with E-state index in [0.717, 1.165) is 12.1 Å². The summed E-state index contributed by atoms with van der Waals surface area (Å²) in [6.07, 6.45) is 2.21. The van der Waals surface area contributed by atoms with Crippen molar-refractivity contribution in [3.05, 3.63) is 42.1 Å². The molecule has 0 bridgehead atoms. The smallest absolute Gasteiger partial charge is 0.123 e. The van der Waals surface area contributed by atoms with Crippen LogP contribution < -0.4 is 4.90 Å². The van der Waals surface area contributed by atoms with E-state index >= 15 is 0 Å². The third-order valence-corrected chi connectivity index (χ3v) is 2.63. The molecule has 1 aromatic rings. The molecular formula is C13H17F2N. The topological polar surface area (TPSA) is 3.24 Å². The van der Waals surface area contributed by atoms with Crippen LogP contribution in [0.4, 0.5) is 14.5 Å². The number of hydrogen-bond acceptors (Lipinski definition) is 1. The van der Waals surface area contributed by atoms with E-state index in [9.17, 15) is 8.78 Å². The highest BCUT2D eigenvalue weighted by Crippen LogP contribution is 2.19. The van der Waals surface area contributed by atoms with Gasteiger partial charge in [0.1, 0.15) is 11.6 Å². The average Bonchev–Trinajstić information content (AvgIpc) is 2.28. The van der Waals surface area contributed by atoms with Gasteiger partial charge in [-0.25, -0.2) is 8.78 Å². The Balaban J connectivity index is 2.78. The van der Waals surface area contributed by atoms with E-state index in [4.69, 9.17) is 0 Å². The van der Waals surface area contributed by atoms with E-state index in [1.165, 1.54) is 18.3 Å². The predicted molar refractivity (Wildman–Crippen MR) is 63.4 cm³/mol. The Morgan fingerprint density at radius 3 is 2.44 bits per heavy atom. The molecule has 0 N–H and O–H groups in total. The van der Waals surface area contributed by atoms with Crippen LogP contribution in [-0.2, 0) is 0 Å². The molecule has 1 nitrogen and oxygen atoms in total. The second kappa shape index (κ2) is 5.64. The molecule has 0 aliphatic carbocycles. The maximum atomic E-state index is 13.6. The van der Waals surface area contributed by atoms with Crippen LogP contribution in [0.5, 0.6) is 0 Å². The largest absolute Gasteiger partial charge is 0.348 e. The quantitative estimate of drug-likeness (QED) is 0.745. The van der Waals surface area contributed by atoms with Crippen LogP contribution in [0.25, 0.3) is 0 Å². The van der Waals surface area contributed by atoms with Gasteiger partial charge >= 0.3 is 0 Å². The Bertz CT molecular complexity index is 357. The standard InChI is InChI=1S/C13H17F2N/c1-4-10(2)13(15)9-16(3)12-7-5-11(14)6-8-12/h5-10H,4H2,1-3H3/b13-9+. The van der Waals surface area contributed by atoms with Crippen LogP contribution in [0.15, 0.2) is 36.3 Å². The SMILES string of the molecule is CCC(C)/C(F)=C\N(C)c1ccc(F)cc1. The van der Waals surface area contributed by atoms with E-state index < -0.39 is 0 Å². The molecule has 1 aromatic carbocycles. The van der Waals surface area contributed by atoms with Crippen molar-refractivity contribution in [2.24, 2.45) is 5.92 Å². The van der Waals surface area contributed by atoms with Gasteiger partial charge in [0.2, 0.25) is 0 Å². The Kier molecular flexibility index (Phi) is 4.47. The molecule has 0 amide bonds. The van der Waals surface area contributed by atoms with Crippen molar-refractivity contribution >= 4 is 5.69 Å². The molecule has 88 valence electrons. The fourth-order valence-electron chi connectivity index (χ4n) is 1.26. The lowest BCUT2D eigenvalue weighted by Crippen LogP contribution is -2.10. The molecule has 0 aliphatic heterocycles. The van der Waals surface area contributed by atoms with Gasteiger partial charge in [0.25, 0.3) is 0 Å². The van der Waals surface area contributed by atoms with Gasteiger partial charge in [-0.2, -0.15) is 0 Å². The summed E-state index contributed by atoms with van der Waals surface area (Å²) < 4.78 is 26.2. The number of hydrogen-bond donors (Lipinski definition) is 0. The first kappa shape index (κ1) is 12.7. The summed E-state index contributed by atoms with van der Waals surface area (Å²) >= 11 is 0. The fraction of sp³-hybridized carbons (Fsp3) is 0.385. The summed E-state index contributed by atoms with van der Waals surface area (Å²) in [5, 5.41) is 0. The van der Waals surface area contributed by atoms with E-state index in [0.29, 0.717) is 0 Å². The second-order valence-electron chi connectivity index (χ2n) is 3.91. The van der Waals surface area contributed by atoms with Gasteiger partial charge in [-0.05, 0) is 30.7 Å². The normalized spacial score (nSPS) is 13.7. The van der Waals surface area contributed by atoms with Crippen LogP contribution in [-0.4, -0.2) is 7.05 Å². The van der Waals surface area contributed by atoms with Gasteiger partial charge in [-0.3, -0.25) is 0 Å². The monoisotopic (exact) mass is 225 g/mol. The minimum absolute atomic E-state index is 0.0806. The Morgan fingerprint density at radius 1 is 1.38 bits per heavy atom. The Morgan fingerprint density at radius 2 is 1.94 bits per heavy atom. The highest BCUT2D eigenvalue weighted by atomic mass is 19.1. The molecule has 0 aromatic heterocycles. The van der Waals surface area contributed by atoms with Gasteiger partial charge in [0.15, 0.2) is 0 Å². The summed E-state index contributed by atoms with van der Waals surface area (Å²) in [6, 6.07) is 5.97. The minimum atomic E-state index is -0.288. The molecule has 0 aliphatic rings. The summed E-state index contributed by atoms with van der Waals surface area (Å²) in [7, 11) is 1.75. The molecule has 16 heavy (non-hydrogen) atoms. The number of anilines is 1. The maximum absolute atomic E-state index is 13.6. The third-order valence-electron chi connectivity index (χ3n) is 2.63. The van der Waals surface area contributed by atoms with Crippen molar-refractivity contribution < 1.29 is 8.78 Å². The van der Waals surface area contributed by atoms with Crippen molar-refractivity contribution in [2.45, 2.75) is 20.3 Å². The van der Waals surface area contributed by atoms with Gasteiger partial charge in [0, 0.05) is 24.9 Å². The number of benzene rings is 1. The van der Waals surface area contributed by atoms with Gasteiger partial charge in [-0.15, -0.1) is 0 Å². The van der Waals surface area contributed by atoms with Crippen molar-refractivity contribution in [3.63, 3.8) is 0 Å². The van der Waals surface area contributed by atoms with Crippen molar-refractivity contribution in [1.82, 2.24) is 0 Å². The molecular weight excluding hydrogens is 208 g/mol. The van der Waals surface area contributed by atoms with E-state index in [1.54, 1.807) is 24.1 Å². The lowest BCUT2D eigenvalue weighted by molar-refractivity contribution is 0.479. The molecule has 0 spiro atoms. The zero-order chi connectivity index (χ0) is 12.1. The van der Waals surface area contributed by atoms with Gasteiger partial charge in [-0.1, -0.05) is 13.8 Å². The second-order valence-corrected chi connectivity index (χ2v) is 3.91. The summed E-state index contributed by atoms with van der Waals surface area (Å²) in [5.74, 6) is -0.527. The third kappa shape index (κ3) is 3.33. The van der Waals surface area contributed by atoms with E-state index in [-0.39, 0.29) is 17.6 Å². The van der Waals surface area contributed by atoms with Crippen molar-refractivity contribution in [2.75, 3.05) is 11.9 Å². The molecule has 1 atom stereocenters. The molecule has 0 radical (unpaired) electrons. The Labute approximate surface area is 95.4 Å². The van der Waals surface area contributed by atoms with Crippen LogP contribution in [0, 0.1) is 11.7 Å². The van der Waals surface area contributed by atoms with Crippen LogP contribution in [0.1, 0.15) is 20.3 Å². The zero-order valence-electron chi connectivity index (χ0n) is 9.87. The minimum Gasteiger partial charge on any atom is -0.348 e. The molecule has 0 saturated carbocycles. The number of nitrogens with zero attached hydrogens (tertiary/aromatic N) is 1. The summed E-state index contributed by atoms with van der Waals surface area (Å²) in [5.41, 5.74) is 0.764. The predicted octanol–water partition coefficient (Wildman–Crippen LogP) is 4.12. The molecule has 0 fully saturated rings. The van der Waals surface area contributed by atoms with Crippen LogP contribution in [0.2, 0.25) is 0 Å². The molecule has 0 heterocycles. The molecule has 1 unspecified atom stereocenters. The first-order valence-electron chi connectivity index (χ1n) is 5.40. The zero-order valence-corrected chi connectivity index (χ0v) is 9.87. The molecule has 3 heteroatoms. The van der Waals surface area contributed by atoms with Crippen molar-refractivity contribution in [3.8, 4) is 0 Å².